The zero-order chi connectivity index (χ0) is 17.9. The molecule has 1 aliphatic rings. The van der Waals surface area contributed by atoms with Gasteiger partial charge in [-0.1, -0.05) is 6.07 Å². The SMILES string of the molecule is Cc1cnc(-c2ccncc2)n1CC1CN(C(=O)Cc2cccnc2)C1. The molecule has 0 aliphatic carbocycles. The first-order valence-electron chi connectivity index (χ1n) is 8.80. The van der Waals surface area contributed by atoms with Crippen LogP contribution in [0.2, 0.25) is 0 Å². The molecule has 6 nitrogen and oxygen atoms in total. The third-order valence-corrected chi connectivity index (χ3v) is 4.82. The highest BCUT2D eigenvalue weighted by molar-refractivity contribution is 5.79. The summed E-state index contributed by atoms with van der Waals surface area (Å²) in [6.07, 6.45) is 9.37. The van der Waals surface area contributed by atoms with E-state index in [0.717, 1.165) is 42.3 Å². The number of likely N-dealkylation sites (tertiary alicyclic amines) is 1. The van der Waals surface area contributed by atoms with Crippen LogP contribution in [0.1, 0.15) is 11.3 Å². The fourth-order valence-corrected chi connectivity index (χ4v) is 3.36. The summed E-state index contributed by atoms with van der Waals surface area (Å²) in [7, 11) is 0. The fraction of sp³-hybridized carbons (Fsp3) is 0.300. The maximum Gasteiger partial charge on any atom is 0.227 e. The van der Waals surface area contributed by atoms with E-state index in [-0.39, 0.29) is 5.91 Å². The van der Waals surface area contributed by atoms with Crippen LogP contribution in [0.3, 0.4) is 0 Å². The number of pyridine rings is 2. The van der Waals surface area contributed by atoms with E-state index < -0.39 is 0 Å². The van der Waals surface area contributed by atoms with Crippen molar-refractivity contribution in [2.45, 2.75) is 19.9 Å². The van der Waals surface area contributed by atoms with Gasteiger partial charge in [0.2, 0.25) is 5.91 Å². The van der Waals surface area contributed by atoms with E-state index in [1.165, 1.54) is 0 Å². The van der Waals surface area contributed by atoms with E-state index in [1.54, 1.807) is 24.8 Å². The van der Waals surface area contributed by atoms with Gasteiger partial charge in [-0.05, 0) is 30.7 Å². The summed E-state index contributed by atoms with van der Waals surface area (Å²) in [5, 5.41) is 0. The van der Waals surface area contributed by atoms with E-state index >= 15 is 0 Å². The van der Waals surface area contributed by atoms with Crippen LogP contribution in [-0.2, 0) is 17.8 Å². The number of hydrogen-bond acceptors (Lipinski definition) is 4. The highest BCUT2D eigenvalue weighted by Gasteiger charge is 2.31. The van der Waals surface area contributed by atoms with Crippen LogP contribution < -0.4 is 0 Å². The van der Waals surface area contributed by atoms with Gasteiger partial charge < -0.3 is 9.47 Å². The number of imidazole rings is 1. The largest absolute Gasteiger partial charge is 0.342 e. The molecule has 3 aromatic rings. The molecular formula is C20H21N5O. The molecule has 3 aromatic heterocycles. The van der Waals surface area contributed by atoms with Crippen LogP contribution in [0.25, 0.3) is 11.4 Å². The Morgan fingerprint density at radius 1 is 1.12 bits per heavy atom. The zero-order valence-corrected chi connectivity index (χ0v) is 14.7. The molecule has 0 bridgehead atoms. The van der Waals surface area contributed by atoms with Gasteiger partial charge in [0.25, 0.3) is 0 Å². The maximum absolute atomic E-state index is 12.4. The Labute approximate surface area is 152 Å². The Morgan fingerprint density at radius 3 is 2.65 bits per heavy atom. The Morgan fingerprint density at radius 2 is 1.92 bits per heavy atom. The summed E-state index contributed by atoms with van der Waals surface area (Å²) in [5.74, 6) is 1.59. The third kappa shape index (κ3) is 3.35. The van der Waals surface area contributed by atoms with Crippen molar-refractivity contribution in [3.8, 4) is 11.4 Å². The first-order valence-corrected chi connectivity index (χ1v) is 8.80. The van der Waals surface area contributed by atoms with Gasteiger partial charge in [-0.25, -0.2) is 4.98 Å². The lowest BCUT2D eigenvalue weighted by atomic mass is 9.98. The van der Waals surface area contributed by atoms with Gasteiger partial charge in [-0.15, -0.1) is 0 Å². The van der Waals surface area contributed by atoms with Crippen molar-refractivity contribution in [3.63, 3.8) is 0 Å². The monoisotopic (exact) mass is 347 g/mol. The average Bonchev–Trinajstić information content (AvgIpc) is 2.99. The predicted octanol–water partition coefficient (Wildman–Crippen LogP) is 2.35. The number of aryl methyl sites for hydroxylation is 1. The Balaban J connectivity index is 1.38. The van der Waals surface area contributed by atoms with Crippen LogP contribution in [0.5, 0.6) is 0 Å². The van der Waals surface area contributed by atoms with Crippen molar-refractivity contribution in [2.24, 2.45) is 5.92 Å². The quantitative estimate of drug-likeness (QED) is 0.711. The molecule has 0 saturated carbocycles. The number of carbonyl (C=O) groups excluding carboxylic acids is 1. The summed E-state index contributed by atoms with van der Waals surface area (Å²) >= 11 is 0. The Hall–Kier alpha value is -3.02. The third-order valence-electron chi connectivity index (χ3n) is 4.82. The zero-order valence-electron chi connectivity index (χ0n) is 14.7. The standard InChI is InChI=1S/C20H21N5O/c1-15-10-23-20(18-4-7-21-8-5-18)25(15)14-17-12-24(13-17)19(26)9-16-3-2-6-22-11-16/h2-8,10-11,17H,9,12-14H2,1H3. The maximum atomic E-state index is 12.4. The van der Waals surface area contributed by atoms with E-state index in [9.17, 15) is 4.79 Å². The molecular weight excluding hydrogens is 326 g/mol. The molecule has 4 heterocycles. The fourth-order valence-electron chi connectivity index (χ4n) is 3.36. The minimum absolute atomic E-state index is 0.172. The number of amides is 1. The summed E-state index contributed by atoms with van der Waals surface area (Å²) in [6, 6.07) is 7.76. The minimum Gasteiger partial charge on any atom is -0.342 e. The molecule has 0 N–H and O–H groups in total. The molecule has 0 atom stereocenters. The molecule has 26 heavy (non-hydrogen) atoms. The van der Waals surface area contributed by atoms with Gasteiger partial charge in [-0.2, -0.15) is 0 Å². The van der Waals surface area contributed by atoms with Crippen LogP contribution in [-0.4, -0.2) is 43.4 Å². The first-order chi connectivity index (χ1) is 12.7. The van der Waals surface area contributed by atoms with Gasteiger partial charge in [0.1, 0.15) is 5.82 Å². The average molecular weight is 347 g/mol. The van der Waals surface area contributed by atoms with E-state index in [4.69, 9.17) is 0 Å². The molecule has 1 fully saturated rings. The second-order valence-corrected chi connectivity index (χ2v) is 6.77. The van der Waals surface area contributed by atoms with E-state index in [1.807, 2.05) is 35.4 Å². The molecule has 1 saturated heterocycles. The summed E-state index contributed by atoms with van der Waals surface area (Å²) in [6.45, 7) is 4.54. The molecule has 132 valence electrons. The van der Waals surface area contributed by atoms with Gasteiger partial charge in [0, 0.05) is 67.8 Å². The van der Waals surface area contributed by atoms with Crippen molar-refractivity contribution in [1.29, 1.82) is 0 Å². The van der Waals surface area contributed by atoms with Crippen molar-refractivity contribution in [1.82, 2.24) is 24.4 Å². The normalized spacial score (nSPS) is 14.3. The smallest absolute Gasteiger partial charge is 0.227 e. The van der Waals surface area contributed by atoms with Crippen LogP contribution in [0.4, 0.5) is 0 Å². The lowest BCUT2D eigenvalue weighted by Crippen LogP contribution is -2.52. The predicted molar refractivity (Wildman–Crippen MR) is 98.2 cm³/mol. The van der Waals surface area contributed by atoms with Crippen molar-refractivity contribution >= 4 is 5.91 Å². The summed E-state index contributed by atoms with van der Waals surface area (Å²) in [5.41, 5.74) is 3.17. The lowest BCUT2D eigenvalue weighted by Gasteiger charge is -2.40. The number of aromatic nitrogens is 4. The van der Waals surface area contributed by atoms with Gasteiger partial charge in [0.05, 0.1) is 6.42 Å². The molecule has 1 amide bonds. The van der Waals surface area contributed by atoms with Crippen molar-refractivity contribution in [2.75, 3.05) is 13.1 Å². The number of nitrogens with zero attached hydrogens (tertiary/aromatic N) is 5. The van der Waals surface area contributed by atoms with Gasteiger partial charge in [0.15, 0.2) is 0 Å². The molecule has 1 aliphatic heterocycles. The van der Waals surface area contributed by atoms with Crippen LogP contribution in [0.15, 0.2) is 55.2 Å². The van der Waals surface area contributed by atoms with Gasteiger partial charge in [-0.3, -0.25) is 14.8 Å². The van der Waals surface area contributed by atoms with Gasteiger partial charge >= 0.3 is 0 Å². The Kier molecular flexibility index (Phi) is 4.48. The van der Waals surface area contributed by atoms with Crippen molar-refractivity contribution in [3.05, 3.63) is 66.5 Å². The second kappa shape index (κ2) is 7.07. The summed E-state index contributed by atoms with van der Waals surface area (Å²) in [4.78, 5) is 27.0. The second-order valence-electron chi connectivity index (χ2n) is 6.77. The number of rotatable bonds is 5. The topological polar surface area (TPSA) is 63.9 Å². The highest BCUT2D eigenvalue weighted by Crippen LogP contribution is 2.24. The number of carbonyl (C=O) groups is 1. The van der Waals surface area contributed by atoms with E-state index in [2.05, 4.69) is 26.4 Å². The summed E-state index contributed by atoms with van der Waals surface area (Å²) < 4.78 is 2.24. The van der Waals surface area contributed by atoms with Crippen LogP contribution in [0, 0.1) is 12.8 Å². The number of hydrogen-bond donors (Lipinski definition) is 0. The molecule has 0 unspecified atom stereocenters. The molecule has 0 spiro atoms. The first kappa shape index (κ1) is 16.4. The molecule has 0 aromatic carbocycles. The van der Waals surface area contributed by atoms with E-state index in [0.29, 0.717) is 12.3 Å². The molecule has 0 radical (unpaired) electrons. The van der Waals surface area contributed by atoms with Crippen molar-refractivity contribution < 1.29 is 4.79 Å². The van der Waals surface area contributed by atoms with Crippen LogP contribution >= 0.6 is 0 Å². The molecule has 4 rings (SSSR count). The minimum atomic E-state index is 0.172. The molecule has 6 heteroatoms. The highest BCUT2D eigenvalue weighted by atomic mass is 16.2. The Bertz CT molecular complexity index is 885. The lowest BCUT2D eigenvalue weighted by molar-refractivity contribution is -0.137.